The van der Waals surface area contributed by atoms with Gasteiger partial charge in [0.15, 0.2) is 0 Å². The quantitative estimate of drug-likeness (QED) is 0.521. The summed E-state index contributed by atoms with van der Waals surface area (Å²) in [5.74, 6) is 1.23. The Morgan fingerprint density at radius 3 is 2.38 bits per heavy atom. The zero-order valence-corrected chi connectivity index (χ0v) is 5.39. The Labute approximate surface area is 50.7 Å². The van der Waals surface area contributed by atoms with Crippen molar-refractivity contribution >= 4 is 0 Å². The van der Waals surface area contributed by atoms with E-state index in [0.717, 1.165) is 5.92 Å². The Morgan fingerprint density at radius 1 is 1.62 bits per heavy atom. The van der Waals surface area contributed by atoms with Gasteiger partial charge < -0.3 is 0 Å². The van der Waals surface area contributed by atoms with Gasteiger partial charge in [0.2, 0.25) is 0 Å². The zero-order valence-electron chi connectivity index (χ0n) is 5.39. The summed E-state index contributed by atoms with van der Waals surface area (Å²) in [5, 5.41) is 10.3. The molecule has 0 spiro atoms. The van der Waals surface area contributed by atoms with Crippen molar-refractivity contribution in [1.82, 2.24) is 0 Å². The molecule has 0 aliphatic heterocycles. The number of hydrogen-bond acceptors (Lipinski definition) is 0. The molecule has 0 N–H and O–H groups in total. The molecule has 1 atom stereocenters. The van der Waals surface area contributed by atoms with Gasteiger partial charge in [0.1, 0.15) is 0 Å². The molecule has 1 saturated carbocycles. The zero-order chi connectivity index (χ0) is 5.98. The van der Waals surface area contributed by atoms with Crippen molar-refractivity contribution in [1.29, 1.82) is 0 Å². The van der Waals surface area contributed by atoms with Gasteiger partial charge in [-0.2, -0.15) is 0 Å². The SMILES string of the molecule is CC(C[O])C1CCC1. The average Bonchev–Trinajstić information content (AvgIpc) is 1.62. The molecule has 1 rings (SSSR count). The van der Waals surface area contributed by atoms with Crippen molar-refractivity contribution in [2.24, 2.45) is 11.8 Å². The molecule has 1 radical (unpaired) electrons. The standard InChI is InChI=1S/C7H13O/c1-6(5-8)7-3-2-4-7/h6-7H,2-5H2,1H3. The lowest BCUT2D eigenvalue weighted by Crippen LogP contribution is -2.21. The van der Waals surface area contributed by atoms with Crippen LogP contribution >= 0.6 is 0 Å². The molecule has 1 nitrogen and oxygen atoms in total. The van der Waals surface area contributed by atoms with Gasteiger partial charge in [0.25, 0.3) is 0 Å². The first-order chi connectivity index (χ1) is 3.84. The summed E-state index contributed by atoms with van der Waals surface area (Å²) in [6.07, 6.45) is 3.97. The molecule has 0 heterocycles. The third-order valence-corrected chi connectivity index (χ3v) is 2.22. The predicted octanol–water partition coefficient (Wildman–Crippen LogP) is 1.85. The van der Waals surface area contributed by atoms with E-state index >= 15 is 0 Å². The van der Waals surface area contributed by atoms with Crippen LogP contribution in [0.3, 0.4) is 0 Å². The van der Waals surface area contributed by atoms with Gasteiger partial charge in [-0.25, -0.2) is 5.11 Å². The van der Waals surface area contributed by atoms with Crippen molar-refractivity contribution in [2.45, 2.75) is 26.2 Å². The van der Waals surface area contributed by atoms with Gasteiger partial charge in [0, 0.05) is 0 Å². The molecule has 8 heavy (non-hydrogen) atoms. The maximum atomic E-state index is 10.3. The lowest BCUT2D eigenvalue weighted by molar-refractivity contribution is 0.0893. The molecule has 0 bridgehead atoms. The van der Waals surface area contributed by atoms with E-state index in [1.807, 2.05) is 0 Å². The third-order valence-electron chi connectivity index (χ3n) is 2.22. The molecule has 0 aromatic heterocycles. The fraction of sp³-hybridized carbons (Fsp3) is 1.00. The van der Waals surface area contributed by atoms with E-state index < -0.39 is 0 Å². The molecular formula is C7H13O. The minimum absolute atomic E-state index is 0.130. The normalized spacial score (nSPS) is 24.8. The van der Waals surface area contributed by atoms with Crippen LogP contribution < -0.4 is 0 Å². The van der Waals surface area contributed by atoms with E-state index in [-0.39, 0.29) is 6.61 Å². The fourth-order valence-electron chi connectivity index (χ4n) is 1.14. The molecule has 1 unspecified atom stereocenters. The summed E-state index contributed by atoms with van der Waals surface area (Å²) in [6.45, 7) is 2.20. The molecule has 1 aliphatic rings. The first-order valence-corrected chi connectivity index (χ1v) is 3.42. The topological polar surface area (TPSA) is 19.9 Å². The molecule has 1 fully saturated rings. The van der Waals surface area contributed by atoms with Crippen LogP contribution in [0.25, 0.3) is 0 Å². The van der Waals surface area contributed by atoms with Gasteiger partial charge in [0.05, 0.1) is 6.61 Å². The maximum Gasteiger partial charge on any atom is 0.0850 e. The minimum atomic E-state index is 0.130. The van der Waals surface area contributed by atoms with Crippen LogP contribution in [0.4, 0.5) is 0 Å². The average molecular weight is 113 g/mol. The van der Waals surface area contributed by atoms with Crippen LogP contribution in [0.5, 0.6) is 0 Å². The Morgan fingerprint density at radius 2 is 2.25 bits per heavy atom. The highest BCUT2D eigenvalue weighted by atomic mass is 16.3. The summed E-state index contributed by atoms with van der Waals surface area (Å²) >= 11 is 0. The first kappa shape index (κ1) is 6.09. The monoisotopic (exact) mass is 113 g/mol. The fourth-order valence-corrected chi connectivity index (χ4v) is 1.14. The minimum Gasteiger partial charge on any atom is -0.236 e. The van der Waals surface area contributed by atoms with Crippen LogP contribution in [-0.2, 0) is 5.11 Å². The van der Waals surface area contributed by atoms with Crippen molar-refractivity contribution in [3.63, 3.8) is 0 Å². The third kappa shape index (κ3) is 1.03. The second-order valence-electron chi connectivity index (χ2n) is 2.83. The maximum absolute atomic E-state index is 10.3. The molecule has 1 heteroatoms. The molecule has 47 valence electrons. The van der Waals surface area contributed by atoms with Gasteiger partial charge in [-0.15, -0.1) is 0 Å². The lowest BCUT2D eigenvalue weighted by Gasteiger charge is -2.29. The molecule has 1 aliphatic carbocycles. The summed E-state index contributed by atoms with van der Waals surface area (Å²) in [6, 6.07) is 0. The highest BCUT2D eigenvalue weighted by Crippen LogP contribution is 2.32. The number of hydrogen-bond donors (Lipinski definition) is 0. The molecule has 0 aromatic carbocycles. The van der Waals surface area contributed by atoms with E-state index in [0.29, 0.717) is 5.92 Å². The van der Waals surface area contributed by atoms with Crippen molar-refractivity contribution in [3.8, 4) is 0 Å². The van der Waals surface area contributed by atoms with Crippen molar-refractivity contribution in [2.75, 3.05) is 6.61 Å². The summed E-state index contributed by atoms with van der Waals surface area (Å²) < 4.78 is 0. The van der Waals surface area contributed by atoms with Gasteiger partial charge in [-0.05, 0) is 11.8 Å². The van der Waals surface area contributed by atoms with Gasteiger partial charge in [-0.1, -0.05) is 26.2 Å². The van der Waals surface area contributed by atoms with E-state index in [9.17, 15) is 5.11 Å². The predicted molar refractivity (Wildman–Crippen MR) is 32.1 cm³/mol. The van der Waals surface area contributed by atoms with Gasteiger partial charge in [-0.3, -0.25) is 0 Å². The Hall–Kier alpha value is -0.0400. The Balaban J connectivity index is 2.13. The first-order valence-electron chi connectivity index (χ1n) is 3.42. The smallest absolute Gasteiger partial charge is 0.0850 e. The van der Waals surface area contributed by atoms with Crippen LogP contribution in [0.1, 0.15) is 26.2 Å². The molecule has 0 amide bonds. The molecule has 0 aromatic rings. The van der Waals surface area contributed by atoms with Gasteiger partial charge >= 0.3 is 0 Å². The Bertz CT molecular complexity index is 64.0. The second-order valence-corrected chi connectivity index (χ2v) is 2.83. The van der Waals surface area contributed by atoms with E-state index in [2.05, 4.69) is 6.92 Å². The summed E-state index contributed by atoms with van der Waals surface area (Å²) in [7, 11) is 0. The van der Waals surface area contributed by atoms with Crippen molar-refractivity contribution in [3.05, 3.63) is 0 Å². The Kier molecular flexibility index (Phi) is 1.90. The largest absolute Gasteiger partial charge is 0.236 e. The second kappa shape index (κ2) is 2.49. The van der Waals surface area contributed by atoms with E-state index in [4.69, 9.17) is 0 Å². The van der Waals surface area contributed by atoms with E-state index in [1.165, 1.54) is 19.3 Å². The van der Waals surface area contributed by atoms with Crippen LogP contribution in [-0.4, -0.2) is 6.61 Å². The lowest BCUT2D eigenvalue weighted by atomic mass is 9.77. The molecule has 0 saturated heterocycles. The van der Waals surface area contributed by atoms with Crippen LogP contribution in [0.2, 0.25) is 0 Å². The van der Waals surface area contributed by atoms with E-state index in [1.54, 1.807) is 0 Å². The van der Waals surface area contributed by atoms with Crippen molar-refractivity contribution < 1.29 is 5.11 Å². The molecular weight excluding hydrogens is 100 g/mol. The summed E-state index contributed by atoms with van der Waals surface area (Å²) in [4.78, 5) is 0. The number of rotatable bonds is 2. The van der Waals surface area contributed by atoms with Crippen LogP contribution in [0.15, 0.2) is 0 Å². The van der Waals surface area contributed by atoms with Crippen LogP contribution in [0, 0.1) is 11.8 Å². The highest BCUT2D eigenvalue weighted by Gasteiger charge is 2.22. The summed E-state index contributed by atoms with van der Waals surface area (Å²) in [5.41, 5.74) is 0. The highest BCUT2D eigenvalue weighted by molar-refractivity contribution is 4.73.